The molecule has 100 valence electrons. The van der Waals surface area contributed by atoms with Crippen molar-refractivity contribution in [2.24, 2.45) is 0 Å². The van der Waals surface area contributed by atoms with Crippen LogP contribution < -0.4 is 10.0 Å². The summed E-state index contributed by atoms with van der Waals surface area (Å²) >= 11 is 0. The van der Waals surface area contributed by atoms with Crippen LogP contribution in [0.2, 0.25) is 0 Å². The van der Waals surface area contributed by atoms with E-state index in [0.29, 0.717) is 10.9 Å². The summed E-state index contributed by atoms with van der Waals surface area (Å²) in [6, 6.07) is 7.47. The molecule has 1 aromatic rings. The fourth-order valence-corrected chi connectivity index (χ4v) is 3.06. The van der Waals surface area contributed by atoms with Gasteiger partial charge in [0, 0.05) is 11.7 Å². The van der Waals surface area contributed by atoms with E-state index in [0.717, 1.165) is 5.69 Å². The summed E-state index contributed by atoms with van der Waals surface area (Å²) in [5.74, 6) is 0. The highest BCUT2D eigenvalue weighted by atomic mass is 32.2. The van der Waals surface area contributed by atoms with Crippen LogP contribution >= 0.6 is 0 Å². The third-order valence-corrected chi connectivity index (χ3v) is 4.84. The first-order valence-electron chi connectivity index (χ1n) is 6.42. The van der Waals surface area contributed by atoms with Crippen LogP contribution in [0.5, 0.6) is 0 Å². The van der Waals surface area contributed by atoms with Crippen molar-refractivity contribution in [1.29, 1.82) is 0 Å². The minimum Gasteiger partial charge on any atom is -0.382 e. The predicted molar refractivity (Wildman–Crippen MR) is 73.2 cm³/mol. The van der Waals surface area contributed by atoms with Crippen molar-refractivity contribution in [3.05, 3.63) is 24.3 Å². The number of rotatable bonds is 4. The van der Waals surface area contributed by atoms with E-state index >= 15 is 0 Å². The van der Waals surface area contributed by atoms with Crippen molar-refractivity contribution in [2.45, 2.75) is 43.0 Å². The van der Waals surface area contributed by atoms with E-state index in [2.05, 4.69) is 10.0 Å². The Balaban J connectivity index is 2.03. The number of hydrogen-bond acceptors (Lipinski definition) is 3. The standard InChI is InChI=1S/C13H20N2O2S/c1-14-18(16,17)13-9-7-12(8-10-13)15-11-5-3-2-4-6-11/h7-11,14-15H,2-6H2,1H3. The summed E-state index contributed by atoms with van der Waals surface area (Å²) in [5.41, 5.74) is 0.997. The lowest BCUT2D eigenvalue weighted by Gasteiger charge is -2.23. The van der Waals surface area contributed by atoms with Gasteiger partial charge in [0.25, 0.3) is 0 Å². The molecule has 0 bridgehead atoms. The maximum Gasteiger partial charge on any atom is 0.240 e. The highest BCUT2D eigenvalue weighted by molar-refractivity contribution is 7.89. The zero-order chi connectivity index (χ0) is 13.0. The van der Waals surface area contributed by atoms with Crippen LogP contribution in [0.15, 0.2) is 29.2 Å². The van der Waals surface area contributed by atoms with Gasteiger partial charge in [-0.15, -0.1) is 0 Å². The molecule has 0 spiro atoms. The fraction of sp³-hybridized carbons (Fsp3) is 0.538. The third-order valence-electron chi connectivity index (χ3n) is 3.41. The molecule has 1 saturated carbocycles. The molecule has 1 fully saturated rings. The molecule has 18 heavy (non-hydrogen) atoms. The van der Waals surface area contributed by atoms with Gasteiger partial charge in [0.1, 0.15) is 0 Å². The van der Waals surface area contributed by atoms with Gasteiger partial charge in [-0.2, -0.15) is 0 Å². The van der Waals surface area contributed by atoms with Gasteiger partial charge in [0.05, 0.1) is 4.90 Å². The van der Waals surface area contributed by atoms with Crippen LogP contribution in [0, 0.1) is 0 Å². The molecule has 5 heteroatoms. The number of nitrogens with one attached hydrogen (secondary N) is 2. The van der Waals surface area contributed by atoms with E-state index in [1.165, 1.54) is 39.2 Å². The Labute approximate surface area is 109 Å². The zero-order valence-electron chi connectivity index (χ0n) is 10.6. The summed E-state index contributed by atoms with van der Waals surface area (Å²) in [6.07, 6.45) is 6.30. The van der Waals surface area contributed by atoms with Crippen molar-refractivity contribution in [2.75, 3.05) is 12.4 Å². The van der Waals surface area contributed by atoms with Crippen molar-refractivity contribution < 1.29 is 8.42 Å². The Morgan fingerprint density at radius 2 is 1.67 bits per heavy atom. The molecule has 1 aromatic carbocycles. The molecule has 0 radical (unpaired) electrons. The Hall–Kier alpha value is -1.07. The van der Waals surface area contributed by atoms with Crippen LogP contribution in [0.1, 0.15) is 32.1 Å². The molecule has 0 saturated heterocycles. The molecule has 0 amide bonds. The molecule has 0 atom stereocenters. The van der Waals surface area contributed by atoms with Gasteiger partial charge in [-0.05, 0) is 44.2 Å². The van der Waals surface area contributed by atoms with Gasteiger partial charge in [0.15, 0.2) is 0 Å². The number of anilines is 1. The molecule has 1 aliphatic rings. The fourth-order valence-electron chi connectivity index (χ4n) is 2.33. The van der Waals surface area contributed by atoms with Gasteiger partial charge in [-0.25, -0.2) is 13.1 Å². The molecular weight excluding hydrogens is 248 g/mol. The SMILES string of the molecule is CNS(=O)(=O)c1ccc(NC2CCCCC2)cc1. The maximum atomic E-state index is 11.6. The molecular formula is C13H20N2O2S. The number of benzene rings is 1. The van der Waals surface area contributed by atoms with Crippen LogP contribution in [-0.4, -0.2) is 21.5 Å². The third kappa shape index (κ3) is 3.23. The number of sulfonamides is 1. The Bertz CT molecular complexity index is 476. The predicted octanol–water partition coefficient (Wildman–Crippen LogP) is 2.34. The van der Waals surface area contributed by atoms with Crippen LogP contribution in [0.3, 0.4) is 0 Å². The molecule has 0 heterocycles. The lowest BCUT2D eigenvalue weighted by Crippen LogP contribution is -2.22. The van der Waals surface area contributed by atoms with Crippen LogP contribution in [0.25, 0.3) is 0 Å². The first-order chi connectivity index (χ1) is 8.62. The van der Waals surface area contributed by atoms with Crippen LogP contribution in [-0.2, 0) is 10.0 Å². The average Bonchev–Trinajstić information content (AvgIpc) is 2.40. The van der Waals surface area contributed by atoms with Crippen molar-refractivity contribution in [3.63, 3.8) is 0 Å². The quantitative estimate of drug-likeness (QED) is 0.881. The Morgan fingerprint density at radius 1 is 1.06 bits per heavy atom. The topological polar surface area (TPSA) is 58.2 Å². The second kappa shape index (κ2) is 5.71. The normalized spacial score (nSPS) is 17.6. The molecule has 1 aliphatic carbocycles. The summed E-state index contributed by atoms with van der Waals surface area (Å²) in [5, 5.41) is 3.46. The van der Waals surface area contributed by atoms with Crippen molar-refractivity contribution in [3.8, 4) is 0 Å². The first-order valence-corrected chi connectivity index (χ1v) is 7.90. The van der Waals surface area contributed by atoms with Gasteiger partial charge < -0.3 is 5.32 Å². The second-order valence-electron chi connectivity index (χ2n) is 4.71. The van der Waals surface area contributed by atoms with E-state index in [-0.39, 0.29) is 0 Å². The van der Waals surface area contributed by atoms with Gasteiger partial charge >= 0.3 is 0 Å². The largest absolute Gasteiger partial charge is 0.382 e. The highest BCUT2D eigenvalue weighted by Gasteiger charge is 2.14. The smallest absolute Gasteiger partial charge is 0.240 e. The van der Waals surface area contributed by atoms with Crippen LogP contribution in [0.4, 0.5) is 5.69 Å². The van der Waals surface area contributed by atoms with E-state index in [1.54, 1.807) is 12.1 Å². The summed E-state index contributed by atoms with van der Waals surface area (Å²) in [7, 11) is -1.91. The summed E-state index contributed by atoms with van der Waals surface area (Å²) in [6.45, 7) is 0. The summed E-state index contributed by atoms with van der Waals surface area (Å²) in [4.78, 5) is 0.305. The lowest BCUT2D eigenvalue weighted by molar-refractivity contribution is 0.463. The zero-order valence-corrected chi connectivity index (χ0v) is 11.5. The van der Waals surface area contributed by atoms with E-state index in [4.69, 9.17) is 0 Å². The minimum atomic E-state index is -3.33. The van der Waals surface area contributed by atoms with Gasteiger partial charge in [-0.3, -0.25) is 0 Å². The molecule has 0 unspecified atom stereocenters. The Kier molecular flexibility index (Phi) is 4.24. The molecule has 2 rings (SSSR count). The second-order valence-corrected chi connectivity index (χ2v) is 6.60. The average molecular weight is 268 g/mol. The Morgan fingerprint density at radius 3 is 2.22 bits per heavy atom. The molecule has 4 nitrogen and oxygen atoms in total. The first kappa shape index (κ1) is 13.4. The number of hydrogen-bond donors (Lipinski definition) is 2. The minimum absolute atomic E-state index is 0.305. The van der Waals surface area contributed by atoms with E-state index in [9.17, 15) is 8.42 Å². The maximum absolute atomic E-state index is 11.6. The summed E-state index contributed by atoms with van der Waals surface area (Å²) < 4.78 is 25.5. The molecule has 2 N–H and O–H groups in total. The lowest BCUT2D eigenvalue weighted by atomic mass is 9.95. The monoisotopic (exact) mass is 268 g/mol. The van der Waals surface area contributed by atoms with Crippen molar-refractivity contribution >= 4 is 15.7 Å². The highest BCUT2D eigenvalue weighted by Crippen LogP contribution is 2.22. The van der Waals surface area contributed by atoms with E-state index < -0.39 is 10.0 Å². The van der Waals surface area contributed by atoms with E-state index in [1.807, 2.05) is 12.1 Å². The molecule has 0 aromatic heterocycles. The van der Waals surface area contributed by atoms with Gasteiger partial charge in [-0.1, -0.05) is 19.3 Å². The van der Waals surface area contributed by atoms with Crippen molar-refractivity contribution in [1.82, 2.24) is 4.72 Å². The van der Waals surface area contributed by atoms with Gasteiger partial charge in [0.2, 0.25) is 10.0 Å². The molecule has 0 aliphatic heterocycles.